The molecule has 5 amide bonds. The third-order valence-corrected chi connectivity index (χ3v) is 7.33. The summed E-state index contributed by atoms with van der Waals surface area (Å²) in [5, 5.41) is 20.0. The highest BCUT2D eigenvalue weighted by Gasteiger charge is 2.27. The molecule has 0 aliphatic carbocycles. The van der Waals surface area contributed by atoms with Crippen LogP contribution in [0.1, 0.15) is 69.4 Å². The lowest BCUT2D eigenvalue weighted by Crippen LogP contribution is -2.53. The highest BCUT2D eigenvalue weighted by molar-refractivity contribution is 5.98. The summed E-state index contributed by atoms with van der Waals surface area (Å²) in [5.41, 5.74) is 1.09. The molecule has 0 aromatic heterocycles. The van der Waals surface area contributed by atoms with Crippen molar-refractivity contribution in [2.24, 2.45) is 5.92 Å². The molecule has 2 rings (SSSR count). The zero-order valence-corrected chi connectivity index (χ0v) is 31.5. The van der Waals surface area contributed by atoms with E-state index < -0.39 is 47.7 Å². The molecule has 53 heavy (non-hydrogen) atoms. The maximum atomic E-state index is 13.0. The van der Waals surface area contributed by atoms with Crippen molar-refractivity contribution >= 4 is 41.6 Å². The molecular weight excluding hydrogens is 690 g/mol. The molecule has 0 spiro atoms. The number of aromatic carboxylic acids is 1. The SMILES string of the molecule is CC(C)[C@H](NC(=O)CCOCCOCCNC(=O)OC(C)(C)C)C(=O)N[C@@H](C)C(=O)Nc1ccc(COC(=O)N(C)Cc2ccccc2C(=O)O)cc1. The second-order valence-corrected chi connectivity index (χ2v) is 13.5. The molecule has 0 heterocycles. The Kier molecular flexibility index (Phi) is 18.2. The summed E-state index contributed by atoms with van der Waals surface area (Å²) in [6.07, 6.45) is -1.15. The molecule has 0 aliphatic heterocycles. The fourth-order valence-corrected chi connectivity index (χ4v) is 4.55. The average molecular weight is 744 g/mol. The van der Waals surface area contributed by atoms with Gasteiger partial charge in [-0.05, 0) is 62.9 Å². The molecule has 0 bridgehead atoms. The van der Waals surface area contributed by atoms with Crippen LogP contribution in [0.4, 0.5) is 15.3 Å². The van der Waals surface area contributed by atoms with Gasteiger partial charge in [0.15, 0.2) is 0 Å². The number of nitrogens with one attached hydrogen (secondary N) is 4. The average Bonchev–Trinajstić information content (AvgIpc) is 3.08. The van der Waals surface area contributed by atoms with Gasteiger partial charge in [0, 0.05) is 32.2 Å². The minimum absolute atomic E-state index is 0.0138. The molecule has 292 valence electrons. The van der Waals surface area contributed by atoms with Crippen molar-refractivity contribution in [3.05, 3.63) is 65.2 Å². The van der Waals surface area contributed by atoms with Crippen molar-refractivity contribution in [1.82, 2.24) is 20.9 Å². The lowest BCUT2D eigenvalue weighted by molar-refractivity contribution is -0.132. The molecule has 0 saturated heterocycles. The van der Waals surface area contributed by atoms with E-state index in [-0.39, 0.29) is 69.9 Å². The maximum Gasteiger partial charge on any atom is 0.410 e. The maximum absolute atomic E-state index is 13.0. The van der Waals surface area contributed by atoms with Crippen molar-refractivity contribution in [2.75, 3.05) is 45.3 Å². The number of anilines is 1. The van der Waals surface area contributed by atoms with Gasteiger partial charge >= 0.3 is 18.2 Å². The third kappa shape index (κ3) is 17.2. The Bertz CT molecular complexity index is 1530. The zero-order chi connectivity index (χ0) is 39.6. The van der Waals surface area contributed by atoms with E-state index in [0.29, 0.717) is 16.8 Å². The quantitative estimate of drug-likeness (QED) is 0.124. The minimum Gasteiger partial charge on any atom is -0.478 e. The van der Waals surface area contributed by atoms with Crippen molar-refractivity contribution in [3.8, 4) is 0 Å². The van der Waals surface area contributed by atoms with E-state index >= 15 is 0 Å². The highest BCUT2D eigenvalue weighted by Crippen LogP contribution is 2.14. The van der Waals surface area contributed by atoms with Crippen LogP contribution in [-0.2, 0) is 46.5 Å². The number of carboxylic acid groups (broad SMARTS) is 1. The first-order valence-electron chi connectivity index (χ1n) is 17.3. The van der Waals surface area contributed by atoms with Crippen LogP contribution in [-0.4, -0.2) is 104 Å². The molecule has 2 aromatic carbocycles. The lowest BCUT2D eigenvalue weighted by atomic mass is 10.0. The molecule has 0 radical (unpaired) electrons. The monoisotopic (exact) mass is 743 g/mol. The third-order valence-electron chi connectivity index (χ3n) is 7.33. The van der Waals surface area contributed by atoms with Crippen LogP contribution in [0.5, 0.6) is 0 Å². The summed E-state index contributed by atoms with van der Waals surface area (Å²) in [7, 11) is 1.51. The lowest BCUT2D eigenvalue weighted by Gasteiger charge is -2.24. The Morgan fingerprint density at radius 2 is 1.47 bits per heavy atom. The first kappa shape index (κ1) is 43.9. The number of hydrogen-bond acceptors (Lipinski definition) is 10. The number of benzene rings is 2. The van der Waals surface area contributed by atoms with Gasteiger partial charge in [0.05, 0.1) is 32.0 Å². The number of ether oxygens (including phenoxy) is 4. The smallest absolute Gasteiger partial charge is 0.410 e. The van der Waals surface area contributed by atoms with Gasteiger partial charge in [-0.2, -0.15) is 0 Å². The zero-order valence-electron chi connectivity index (χ0n) is 31.5. The number of carbonyl (C=O) groups excluding carboxylic acids is 5. The van der Waals surface area contributed by atoms with Gasteiger partial charge in [-0.1, -0.05) is 44.2 Å². The fraction of sp³-hybridized carbons (Fsp3) is 0.514. The number of rotatable bonds is 20. The Hall–Kier alpha value is -5.22. The predicted molar refractivity (Wildman–Crippen MR) is 195 cm³/mol. The number of carboxylic acids is 1. The van der Waals surface area contributed by atoms with Crippen molar-refractivity contribution in [2.45, 2.75) is 78.8 Å². The largest absolute Gasteiger partial charge is 0.478 e. The predicted octanol–water partition coefficient (Wildman–Crippen LogP) is 3.69. The van der Waals surface area contributed by atoms with Crippen LogP contribution in [0.15, 0.2) is 48.5 Å². The first-order chi connectivity index (χ1) is 25.0. The standard InChI is InChI=1S/C37H53N5O11/c1-24(2)31(41-30(43)16-18-50-20-21-51-19-17-38-35(48)53-37(4,5)6)33(45)39-25(3)32(44)40-28-14-12-26(13-15-28)23-52-36(49)42(7)22-27-10-8-9-11-29(27)34(46)47/h8-15,24-25,31H,16-23H2,1-7H3,(H,38,48)(H,39,45)(H,40,44)(H,41,43)(H,46,47)/t25-,31-/m0/s1. The van der Waals surface area contributed by atoms with Gasteiger partial charge in [0.2, 0.25) is 17.7 Å². The van der Waals surface area contributed by atoms with E-state index in [0.717, 1.165) is 0 Å². The molecule has 2 aromatic rings. The van der Waals surface area contributed by atoms with Crippen LogP contribution in [0, 0.1) is 5.92 Å². The van der Waals surface area contributed by atoms with Gasteiger partial charge in [-0.25, -0.2) is 14.4 Å². The molecule has 16 nitrogen and oxygen atoms in total. The molecule has 16 heteroatoms. The number of carbonyl (C=O) groups is 6. The molecular formula is C37H53N5O11. The normalized spacial score (nSPS) is 12.2. The Balaban J connectivity index is 1.70. The number of amides is 5. The van der Waals surface area contributed by atoms with Crippen LogP contribution >= 0.6 is 0 Å². The van der Waals surface area contributed by atoms with Gasteiger partial charge in [-0.3, -0.25) is 14.4 Å². The molecule has 5 N–H and O–H groups in total. The van der Waals surface area contributed by atoms with Crippen molar-refractivity contribution in [3.63, 3.8) is 0 Å². The van der Waals surface area contributed by atoms with Crippen molar-refractivity contribution in [1.29, 1.82) is 0 Å². The fourth-order valence-electron chi connectivity index (χ4n) is 4.55. The van der Waals surface area contributed by atoms with E-state index in [1.807, 2.05) is 0 Å². The Labute approximate surface area is 310 Å². The van der Waals surface area contributed by atoms with E-state index in [9.17, 15) is 33.9 Å². The molecule has 0 fully saturated rings. The minimum atomic E-state index is -1.09. The number of alkyl carbamates (subject to hydrolysis) is 1. The van der Waals surface area contributed by atoms with E-state index in [1.165, 1.54) is 24.9 Å². The van der Waals surface area contributed by atoms with Crippen LogP contribution in [0.25, 0.3) is 0 Å². The van der Waals surface area contributed by atoms with Crippen LogP contribution < -0.4 is 21.3 Å². The summed E-state index contributed by atoms with van der Waals surface area (Å²) >= 11 is 0. The Morgan fingerprint density at radius 1 is 0.830 bits per heavy atom. The van der Waals surface area contributed by atoms with Crippen molar-refractivity contribution < 1.29 is 52.8 Å². The summed E-state index contributed by atoms with van der Waals surface area (Å²) in [6.45, 7) is 11.5. The second kappa shape index (κ2) is 22.0. The molecule has 0 aliphatic rings. The summed E-state index contributed by atoms with van der Waals surface area (Å²) in [6, 6.07) is 11.2. The summed E-state index contributed by atoms with van der Waals surface area (Å²) in [5.74, 6) is -2.73. The molecule has 0 unspecified atom stereocenters. The molecule has 2 atom stereocenters. The van der Waals surface area contributed by atoms with Gasteiger partial charge in [-0.15, -0.1) is 0 Å². The Morgan fingerprint density at radius 3 is 2.09 bits per heavy atom. The first-order valence-corrected chi connectivity index (χ1v) is 17.3. The van der Waals surface area contributed by atoms with Gasteiger partial charge in [0.25, 0.3) is 0 Å². The van der Waals surface area contributed by atoms with Gasteiger partial charge < -0.3 is 50.2 Å². The van der Waals surface area contributed by atoms with E-state index in [2.05, 4.69) is 21.3 Å². The number of hydrogen-bond donors (Lipinski definition) is 5. The van der Waals surface area contributed by atoms with Crippen LogP contribution in [0.2, 0.25) is 0 Å². The van der Waals surface area contributed by atoms with E-state index in [1.54, 1.807) is 77.1 Å². The number of nitrogens with zero attached hydrogens (tertiary/aromatic N) is 1. The van der Waals surface area contributed by atoms with E-state index in [4.69, 9.17) is 18.9 Å². The second-order valence-electron chi connectivity index (χ2n) is 13.5. The topological polar surface area (TPSA) is 211 Å². The summed E-state index contributed by atoms with van der Waals surface area (Å²) in [4.78, 5) is 75.2. The molecule has 0 saturated carbocycles. The van der Waals surface area contributed by atoms with Gasteiger partial charge in [0.1, 0.15) is 24.3 Å². The summed E-state index contributed by atoms with van der Waals surface area (Å²) < 4.78 is 21.3. The van der Waals surface area contributed by atoms with Crippen LogP contribution in [0.3, 0.4) is 0 Å². The highest BCUT2D eigenvalue weighted by atomic mass is 16.6.